The Balaban J connectivity index is 4.16. The van der Waals surface area contributed by atoms with Crippen LogP contribution in [0.3, 0.4) is 0 Å². The van der Waals surface area contributed by atoms with E-state index in [2.05, 4.69) is 10.6 Å². The number of primary amides is 1. The summed E-state index contributed by atoms with van der Waals surface area (Å²) in [6.07, 6.45) is 0. The van der Waals surface area contributed by atoms with Gasteiger partial charge in [-0.15, -0.1) is 0 Å². The van der Waals surface area contributed by atoms with Crippen LogP contribution in [-0.4, -0.2) is 46.8 Å². The number of carboxylic acid groups (broad SMARTS) is 1. The van der Waals surface area contributed by atoms with Gasteiger partial charge in [0.25, 0.3) is 0 Å². The Labute approximate surface area is 105 Å². The first kappa shape index (κ1) is 16.2. The molecule has 1 unspecified atom stereocenters. The SMILES string of the molecule is CC(C)(CNC(=O)NCC(C)(O)C(=O)O)C(N)=O. The van der Waals surface area contributed by atoms with Crippen LogP contribution in [-0.2, 0) is 9.59 Å². The van der Waals surface area contributed by atoms with Gasteiger partial charge in [-0.2, -0.15) is 0 Å². The lowest BCUT2D eigenvalue weighted by molar-refractivity contribution is -0.155. The number of carbonyl (C=O) groups is 3. The van der Waals surface area contributed by atoms with Crippen molar-refractivity contribution in [2.24, 2.45) is 11.1 Å². The van der Waals surface area contributed by atoms with E-state index in [4.69, 9.17) is 10.8 Å². The van der Waals surface area contributed by atoms with E-state index in [1.165, 1.54) is 0 Å². The normalized spacial score (nSPS) is 14.4. The summed E-state index contributed by atoms with van der Waals surface area (Å²) in [6, 6.07) is -0.689. The molecule has 18 heavy (non-hydrogen) atoms. The van der Waals surface area contributed by atoms with Crippen molar-refractivity contribution >= 4 is 17.9 Å². The highest BCUT2D eigenvalue weighted by atomic mass is 16.4. The van der Waals surface area contributed by atoms with Crippen LogP contribution < -0.4 is 16.4 Å². The number of urea groups is 1. The number of rotatable bonds is 6. The summed E-state index contributed by atoms with van der Waals surface area (Å²) in [7, 11) is 0. The van der Waals surface area contributed by atoms with Gasteiger partial charge < -0.3 is 26.6 Å². The van der Waals surface area contributed by atoms with Crippen LogP contribution in [0.5, 0.6) is 0 Å². The molecule has 0 aromatic heterocycles. The number of nitrogens with one attached hydrogen (secondary N) is 2. The number of carboxylic acids is 1. The van der Waals surface area contributed by atoms with Crippen molar-refractivity contribution in [1.82, 2.24) is 10.6 Å². The van der Waals surface area contributed by atoms with Crippen LogP contribution in [0.25, 0.3) is 0 Å². The molecule has 6 N–H and O–H groups in total. The van der Waals surface area contributed by atoms with Crippen molar-refractivity contribution in [3.8, 4) is 0 Å². The number of amides is 3. The van der Waals surface area contributed by atoms with Gasteiger partial charge in [0.05, 0.1) is 12.0 Å². The van der Waals surface area contributed by atoms with Crippen LogP contribution in [0, 0.1) is 5.41 Å². The molecule has 0 aliphatic rings. The third-order valence-corrected chi connectivity index (χ3v) is 2.41. The zero-order valence-corrected chi connectivity index (χ0v) is 10.6. The quantitative estimate of drug-likeness (QED) is 0.401. The van der Waals surface area contributed by atoms with Crippen molar-refractivity contribution in [3.05, 3.63) is 0 Å². The molecule has 8 heteroatoms. The second-order valence-corrected chi connectivity index (χ2v) is 4.86. The fourth-order valence-corrected chi connectivity index (χ4v) is 0.779. The van der Waals surface area contributed by atoms with E-state index in [9.17, 15) is 19.5 Å². The number of nitrogens with two attached hydrogens (primary N) is 1. The smallest absolute Gasteiger partial charge is 0.337 e. The van der Waals surface area contributed by atoms with Gasteiger partial charge >= 0.3 is 12.0 Å². The van der Waals surface area contributed by atoms with Gasteiger partial charge in [-0.3, -0.25) is 4.79 Å². The molecule has 1 atom stereocenters. The molecule has 0 aliphatic heterocycles. The molecule has 0 saturated heterocycles. The average molecular weight is 261 g/mol. The molecule has 0 bridgehead atoms. The highest BCUT2D eigenvalue weighted by Gasteiger charge is 2.31. The summed E-state index contributed by atoms with van der Waals surface area (Å²) < 4.78 is 0. The predicted molar refractivity (Wildman–Crippen MR) is 62.6 cm³/mol. The zero-order chi connectivity index (χ0) is 14.6. The van der Waals surface area contributed by atoms with E-state index in [0.717, 1.165) is 6.92 Å². The molecule has 0 heterocycles. The van der Waals surface area contributed by atoms with Gasteiger partial charge in [0.2, 0.25) is 5.91 Å². The maximum Gasteiger partial charge on any atom is 0.337 e. The predicted octanol–water partition coefficient (Wildman–Crippen LogP) is -1.37. The summed E-state index contributed by atoms with van der Waals surface area (Å²) in [6.45, 7) is 3.73. The second kappa shape index (κ2) is 5.67. The van der Waals surface area contributed by atoms with E-state index in [1.807, 2.05) is 0 Å². The molecular weight excluding hydrogens is 242 g/mol. The van der Waals surface area contributed by atoms with Crippen LogP contribution >= 0.6 is 0 Å². The first-order valence-electron chi connectivity index (χ1n) is 5.26. The van der Waals surface area contributed by atoms with Crippen LogP contribution in [0.2, 0.25) is 0 Å². The first-order chi connectivity index (χ1) is 7.99. The molecule has 0 aliphatic carbocycles. The maximum atomic E-state index is 11.3. The fourth-order valence-electron chi connectivity index (χ4n) is 0.779. The van der Waals surface area contributed by atoms with Gasteiger partial charge in [-0.1, -0.05) is 0 Å². The van der Waals surface area contributed by atoms with E-state index >= 15 is 0 Å². The van der Waals surface area contributed by atoms with Crippen LogP contribution in [0.4, 0.5) is 4.79 Å². The highest BCUT2D eigenvalue weighted by Crippen LogP contribution is 2.11. The molecule has 0 fully saturated rings. The molecule has 0 rings (SSSR count). The Kier molecular flexibility index (Phi) is 5.10. The average Bonchev–Trinajstić information content (AvgIpc) is 2.23. The topological polar surface area (TPSA) is 142 Å². The van der Waals surface area contributed by atoms with Crippen LogP contribution in [0.1, 0.15) is 20.8 Å². The summed E-state index contributed by atoms with van der Waals surface area (Å²) in [5.74, 6) is -2.01. The summed E-state index contributed by atoms with van der Waals surface area (Å²) in [5, 5.41) is 22.5. The van der Waals surface area contributed by atoms with Gasteiger partial charge in [0, 0.05) is 6.54 Å². The van der Waals surface area contributed by atoms with Gasteiger partial charge in [0.1, 0.15) is 0 Å². The minimum Gasteiger partial charge on any atom is -0.479 e. The zero-order valence-electron chi connectivity index (χ0n) is 10.6. The van der Waals surface area contributed by atoms with Crippen molar-refractivity contribution in [2.75, 3.05) is 13.1 Å². The van der Waals surface area contributed by atoms with Crippen molar-refractivity contribution in [3.63, 3.8) is 0 Å². The Bertz CT molecular complexity index is 319. The number of carbonyl (C=O) groups excluding carboxylic acids is 2. The lowest BCUT2D eigenvalue weighted by Gasteiger charge is -2.22. The molecular formula is C10H19N3O5. The third-order valence-electron chi connectivity index (χ3n) is 2.41. The molecule has 0 spiro atoms. The Morgan fingerprint density at radius 3 is 1.94 bits per heavy atom. The second-order valence-electron chi connectivity index (χ2n) is 4.86. The number of hydrogen-bond acceptors (Lipinski definition) is 4. The molecule has 0 aromatic carbocycles. The van der Waals surface area contributed by atoms with E-state index in [1.54, 1.807) is 13.8 Å². The fraction of sp³-hybridized carbons (Fsp3) is 0.700. The highest BCUT2D eigenvalue weighted by molar-refractivity contribution is 5.82. The van der Waals surface area contributed by atoms with Gasteiger partial charge in [-0.25, -0.2) is 9.59 Å². The van der Waals surface area contributed by atoms with E-state index < -0.39 is 35.5 Å². The van der Waals surface area contributed by atoms with Crippen molar-refractivity contribution in [2.45, 2.75) is 26.4 Å². The first-order valence-corrected chi connectivity index (χ1v) is 5.26. The maximum absolute atomic E-state index is 11.3. The Morgan fingerprint density at radius 1 is 1.11 bits per heavy atom. The molecule has 8 nitrogen and oxygen atoms in total. The monoisotopic (exact) mass is 261 g/mol. The lowest BCUT2D eigenvalue weighted by Crippen LogP contribution is -2.51. The van der Waals surface area contributed by atoms with Crippen molar-refractivity contribution < 1.29 is 24.6 Å². The number of hydrogen-bond donors (Lipinski definition) is 5. The van der Waals surface area contributed by atoms with Crippen molar-refractivity contribution in [1.29, 1.82) is 0 Å². The Hall–Kier alpha value is -1.83. The number of aliphatic carboxylic acids is 1. The number of aliphatic hydroxyl groups is 1. The molecule has 0 radical (unpaired) electrons. The standard InChI is InChI=1S/C10H19N3O5/c1-9(2,6(11)14)4-12-8(17)13-5-10(3,18)7(15)16/h18H,4-5H2,1-3H3,(H2,11,14)(H,15,16)(H2,12,13,17). The van der Waals surface area contributed by atoms with Gasteiger partial charge in [0.15, 0.2) is 5.60 Å². The molecule has 0 saturated carbocycles. The van der Waals surface area contributed by atoms with Crippen LogP contribution in [0.15, 0.2) is 0 Å². The Morgan fingerprint density at radius 2 is 1.56 bits per heavy atom. The van der Waals surface area contributed by atoms with E-state index in [-0.39, 0.29) is 6.54 Å². The summed E-state index contributed by atoms with van der Waals surface area (Å²) in [5.41, 5.74) is 2.16. The minimum atomic E-state index is -2.05. The summed E-state index contributed by atoms with van der Waals surface area (Å²) in [4.78, 5) is 32.8. The molecule has 3 amide bonds. The molecule has 0 aromatic rings. The summed E-state index contributed by atoms with van der Waals surface area (Å²) >= 11 is 0. The van der Waals surface area contributed by atoms with E-state index in [0.29, 0.717) is 0 Å². The largest absolute Gasteiger partial charge is 0.479 e. The lowest BCUT2D eigenvalue weighted by atomic mass is 9.93. The van der Waals surface area contributed by atoms with Gasteiger partial charge in [-0.05, 0) is 20.8 Å². The molecule has 104 valence electrons. The minimum absolute atomic E-state index is 0.00335. The third kappa shape index (κ3) is 5.00.